The number of carbonyl (C=O) groups excluding carboxylic acids is 1. The van der Waals surface area contributed by atoms with Crippen LogP contribution in [0.25, 0.3) is 0 Å². The topological polar surface area (TPSA) is 32.3 Å². The zero-order valence-electron chi connectivity index (χ0n) is 12.3. The largest absolute Gasteiger partial charge is 0.334 e. The van der Waals surface area contributed by atoms with Crippen LogP contribution >= 0.6 is 0 Å². The smallest absolute Gasteiger partial charge is 0.318 e. The normalized spacial score (nSPS) is 17.5. The quantitative estimate of drug-likeness (QED) is 0.916. The third kappa shape index (κ3) is 3.27. The lowest BCUT2D eigenvalue weighted by atomic mass is 10.0. The predicted molar refractivity (Wildman–Crippen MR) is 83.8 cm³/mol. The summed E-state index contributed by atoms with van der Waals surface area (Å²) in [4.78, 5) is 14.3. The van der Waals surface area contributed by atoms with Crippen molar-refractivity contribution in [2.45, 2.75) is 25.4 Å². The van der Waals surface area contributed by atoms with E-state index >= 15 is 0 Å². The van der Waals surface area contributed by atoms with E-state index in [2.05, 4.69) is 5.32 Å². The third-order valence-electron chi connectivity index (χ3n) is 4.06. The van der Waals surface area contributed by atoms with E-state index in [9.17, 15) is 9.18 Å². The summed E-state index contributed by atoms with van der Waals surface area (Å²) in [5.41, 5.74) is 2.07. The van der Waals surface area contributed by atoms with Gasteiger partial charge in [-0.3, -0.25) is 0 Å². The zero-order valence-corrected chi connectivity index (χ0v) is 12.3. The highest BCUT2D eigenvalue weighted by atomic mass is 19.1. The number of benzene rings is 2. The molecular weight excluding hydrogens is 279 g/mol. The molecule has 1 saturated heterocycles. The average Bonchev–Trinajstić information content (AvgIpc) is 3.04. The van der Waals surface area contributed by atoms with Gasteiger partial charge in [0, 0.05) is 13.1 Å². The lowest BCUT2D eigenvalue weighted by Crippen LogP contribution is -2.39. The molecule has 2 amide bonds. The van der Waals surface area contributed by atoms with Crippen molar-refractivity contribution in [2.24, 2.45) is 0 Å². The van der Waals surface area contributed by atoms with Gasteiger partial charge in [-0.15, -0.1) is 0 Å². The van der Waals surface area contributed by atoms with E-state index in [1.54, 1.807) is 12.1 Å². The number of urea groups is 1. The van der Waals surface area contributed by atoms with Crippen molar-refractivity contribution in [3.05, 3.63) is 71.5 Å². The van der Waals surface area contributed by atoms with E-state index in [1.807, 2.05) is 35.2 Å². The fraction of sp³-hybridized carbons (Fsp3) is 0.278. The van der Waals surface area contributed by atoms with Crippen LogP contribution in [0, 0.1) is 5.82 Å². The number of rotatable bonds is 3. The minimum Gasteiger partial charge on any atom is -0.334 e. The Kier molecular flexibility index (Phi) is 4.37. The second-order valence-electron chi connectivity index (χ2n) is 5.55. The molecule has 22 heavy (non-hydrogen) atoms. The first-order valence-corrected chi connectivity index (χ1v) is 7.58. The van der Waals surface area contributed by atoms with Crippen molar-refractivity contribution in [3.63, 3.8) is 0 Å². The first-order valence-electron chi connectivity index (χ1n) is 7.58. The molecule has 3 rings (SSSR count). The molecule has 3 nitrogen and oxygen atoms in total. The van der Waals surface area contributed by atoms with Crippen molar-refractivity contribution < 1.29 is 9.18 Å². The van der Waals surface area contributed by atoms with Gasteiger partial charge in [-0.1, -0.05) is 42.5 Å². The molecule has 0 radical (unpaired) electrons. The van der Waals surface area contributed by atoms with Crippen molar-refractivity contribution >= 4 is 6.03 Å². The number of halogens is 1. The molecule has 4 heteroatoms. The van der Waals surface area contributed by atoms with Crippen molar-refractivity contribution in [1.29, 1.82) is 0 Å². The van der Waals surface area contributed by atoms with Gasteiger partial charge in [-0.05, 0) is 36.1 Å². The fourth-order valence-electron chi connectivity index (χ4n) is 2.92. The molecule has 1 aliphatic heterocycles. The Morgan fingerprint density at radius 2 is 1.86 bits per heavy atom. The van der Waals surface area contributed by atoms with Crippen LogP contribution in [-0.2, 0) is 6.54 Å². The molecule has 0 spiro atoms. The highest BCUT2D eigenvalue weighted by Gasteiger charge is 2.29. The van der Waals surface area contributed by atoms with Crippen molar-refractivity contribution in [1.82, 2.24) is 10.2 Å². The molecule has 1 fully saturated rings. The zero-order chi connectivity index (χ0) is 15.4. The minimum atomic E-state index is -0.248. The molecule has 1 atom stereocenters. The van der Waals surface area contributed by atoms with E-state index in [0.717, 1.165) is 30.5 Å². The summed E-state index contributed by atoms with van der Waals surface area (Å²) in [5.74, 6) is -0.248. The molecule has 0 unspecified atom stereocenters. The van der Waals surface area contributed by atoms with Gasteiger partial charge in [-0.2, -0.15) is 0 Å². The van der Waals surface area contributed by atoms with Crippen LogP contribution in [0.2, 0.25) is 0 Å². The van der Waals surface area contributed by atoms with Gasteiger partial charge >= 0.3 is 6.03 Å². The monoisotopic (exact) mass is 298 g/mol. The van der Waals surface area contributed by atoms with Crippen LogP contribution in [-0.4, -0.2) is 17.5 Å². The summed E-state index contributed by atoms with van der Waals surface area (Å²) in [6, 6.07) is 16.3. The predicted octanol–water partition coefficient (Wildman–Crippen LogP) is 3.87. The highest BCUT2D eigenvalue weighted by Crippen LogP contribution is 2.31. The van der Waals surface area contributed by atoms with E-state index in [-0.39, 0.29) is 17.9 Å². The molecule has 1 aliphatic rings. The number of nitrogens with zero attached hydrogens (tertiary/aromatic N) is 1. The van der Waals surface area contributed by atoms with Crippen LogP contribution in [0.1, 0.15) is 30.0 Å². The maximum atomic E-state index is 13.0. The Morgan fingerprint density at radius 1 is 1.14 bits per heavy atom. The summed E-state index contributed by atoms with van der Waals surface area (Å²) in [5, 5.41) is 2.96. The molecule has 0 aliphatic carbocycles. The number of hydrogen-bond acceptors (Lipinski definition) is 1. The summed E-state index contributed by atoms with van der Waals surface area (Å²) >= 11 is 0. The molecule has 1 heterocycles. The molecule has 0 bridgehead atoms. The van der Waals surface area contributed by atoms with Gasteiger partial charge in [0.25, 0.3) is 0 Å². The summed E-state index contributed by atoms with van der Waals surface area (Å²) in [6.07, 6.45) is 1.89. The maximum Gasteiger partial charge on any atom is 0.318 e. The van der Waals surface area contributed by atoms with E-state index in [1.165, 1.54) is 12.1 Å². The summed E-state index contributed by atoms with van der Waals surface area (Å²) < 4.78 is 13.0. The van der Waals surface area contributed by atoms with Crippen molar-refractivity contribution in [2.75, 3.05) is 6.54 Å². The van der Waals surface area contributed by atoms with Gasteiger partial charge in [0.2, 0.25) is 0 Å². The Labute approximate surface area is 129 Å². The molecule has 114 valence electrons. The number of likely N-dealkylation sites (tertiary alicyclic amines) is 1. The molecular formula is C18H19FN2O. The maximum absolute atomic E-state index is 13.0. The van der Waals surface area contributed by atoms with E-state index < -0.39 is 0 Å². The van der Waals surface area contributed by atoms with E-state index in [0.29, 0.717) is 6.54 Å². The van der Waals surface area contributed by atoms with Gasteiger partial charge in [0.05, 0.1) is 6.04 Å². The van der Waals surface area contributed by atoms with Gasteiger partial charge in [0.15, 0.2) is 0 Å². The SMILES string of the molecule is O=C(NCc1ccccc1)N1CCC[C@H]1c1ccc(F)cc1. The number of hydrogen-bond donors (Lipinski definition) is 1. The van der Waals surface area contributed by atoms with Gasteiger partial charge in [-0.25, -0.2) is 9.18 Å². The van der Waals surface area contributed by atoms with Crippen LogP contribution in [0.15, 0.2) is 54.6 Å². The van der Waals surface area contributed by atoms with Gasteiger partial charge in [0.1, 0.15) is 5.82 Å². The van der Waals surface area contributed by atoms with Gasteiger partial charge < -0.3 is 10.2 Å². The van der Waals surface area contributed by atoms with Crippen LogP contribution < -0.4 is 5.32 Å². The van der Waals surface area contributed by atoms with Crippen molar-refractivity contribution in [3.8, 4) is 0 Å². The Hall–Kier alpha value is -2.36. The Balaban J connectivity index is 1.65. The molecule has 2 aromatic carbocycles. The van der Waals surface area contributed by atoms with Crippen LogP contribution in [0.4, 0.5) is 9.18 Å². The lowest BCUT2D eigenvalue weighted by molar-refractivity contribution is 0.192. The molecule has 1 N–H and O–H groups in total. The molecule has 0 saturated carbocycles. The average molecular weight is 298 g/mol. The number of amides is 2. The number of nitrogens with one attached hydrogen (secondary N) is 1. The minimum absolute atomic E-state index is 0.0383. The standard InChI is InChI=1S/C18H19FN2O/c19-16-10-8-15(9-11-16)17-7-4-12-21(17)18(22)20-13-14-5-2-1-3-6-14/h1-3,5-6,8-11,17H,4,7,12-13H2,(H,20,22)/t17-/m0/s1. The van der Waals surface area contributed by atoms with Crippen LogP contribution in [0.5, 0.6) is 0 Å². The highest BCUT2D eigenvalue weighted by molar-refractivity contribution is 5.75. The second kappa shape index (κ2) is 6.60. The third-order valence-corrected chi connectivity index (χ3v) is 4.06. The first kappa shape index (κ1) is 14.6. The number of carbonyl (C=O) groups is 1. The second-order valence-corrected chi connectivity index (χ2v) is 5.55. The molecule has 0 aromatic heterocycles. The van der Waals surface area contributed by atoms with Crippen LogP contribution in [0.3, 0.4) is 0 Å². The fourth-order valence-corrected chi connectivity index (χ4v) is 2.92. The summed E-state index contributed by atoms with van der Waals surface area (Å²) in [6.45, 7) is 1.26. The summed E-state index contributed by atoms with van der Waals surface area (Å²) in [7, 11) is 0. The Morgan fingerprint density at radius 3 is 2.59 bits per heavy atom. The molecule has 2 aromatic rings. The lowest BCUT2D eigenvalue weighted by Gasteiger charge is -2.25. The Bertz CT molecular complexity index is 627. The van der Waals surface area contributed by atoms with E-state index in [4.69, 9.17) is 0 Å². The first-order chi connectivity index (χ1) is 10.7.